The smallest absolute Gasteiger partial charge is 0.228 e. The molecule has 1 saturated heterocycles. The maximum absolute atomic E-state index is 12.1. The fourth-order valence-corrected chi connectivity index (χ4v) is 3.09. The molecular formula is C13H21N3OS. The summed E-state index contributed by atoms with van der Waals surface area (Å²) >= 11 is 1.64. The lowest BCUT2D eigenvalue weighted by Crippen LogP contribution is -2.36. The van der Waals surface area contributed by atoms with Gasteiger partial charge in [-0.05, 0) is 33.4 Å². The molecule has 1 aromatic rings. The van der Waals surface area contributed by atoms with E-state index in [4.69, 9.17) is 0 Å². The van der Waals surface area contributed by atoms with Crippen LogP contribution in [-0.2, 0) is 17.8 Å². The van der Waals surface area contributed by atoms with E-state index < -0.39 is 0 Å². The van der Waals surface area contributed by atoms with E-state index in [1.165, 1.54) is 6.42 Å². The molecule has 0 unspecified atom stereocenters. The number of hydrogen-bond donors (Lipinski definition) is 0. The predicted octanol–water partition coefficient (Wildman–Crippen LogP) is 1.76. The number of piperidine rings is 1. The Bertz CT molecular complexity index is 397. The van der Waals surface area contributed by atoms with E-state index in [1.54, 1.807) is 11.3 Å². The van der Waals surface area contributed by atoms with Crippen LogP contribution in [0.1, 0.15) is 30.0 Å². The van der Waals surface area contributed by atoms with Gasteiger partial charge in [0.1, 0.15) is 5.01 Å². The first-order valence-electron chi connectivity index (χ1n) is 6.51. The van der Waals surface area contributed by atoms with Crippen molar-refractivity contribution < 1.29 is 4.79 Å². The van der Waals surface area contributed by atoms with Crippen molar-refractivity contribution in [2.24, 2.45) is 0 Å². The molecule has 2 heterocycles. The number of hydrogen-bond acceptors (Lipinski definition) is 4. The zero-order chi connectivity index (χ0) is 13.0. The maximum atomic E-state index is 12.1. The normalized spacial score (nSPS) is 16.3. The van der Waals surface area contributed by atoms with Gasteiger partial charge in [0.2, 0.25) is 5.91 Å². The molecule has 0 spiro atoms. The summed E-state index contributed by atoms with van der Waals surface area (Å²) < 4.78 is 0. The van der Waals surface area contributed by atoms with Crippen molar-refractivity contribution in [3.8, 4) is 0 Å². The van der Waals surface area contributed by atoms with E-state index in [9.17, 15) is 4.79 Å². The van der Waals surface area contributed by atoms with Gasteiger partial charge in [-0.1, -0.05) is 0 Å². The average Bonchev–Trinajstić information content (AvgIpc) is 2.76. The summed E-state index contributed by atoms with van der Waals surface area (Å²) in [4.78, 5) is 20.7. The van der Waals surface area contributed by atoms with Gasteiger partial charge in [-0.15, -0.1) is 11.3 Å². The molecule has 0 aromatic carbocycles. The highest BCUT2D eigenvalue weighted by molar-refractivity contribution is 7.09. The Morgan fingerprint density at radius 2 is 2.11 bits per heavy atom. The van der Waals surface area contributed by atoms with Crippen molar-refractivity contribution >= 4 is 17.2 Å². The van der Waals surface area contributed by atoms with Gasteiger partial charge in [0.05, 0.1) is 12.1 Å². The number of likely N-dealkylation sites (tertiary alicyclic amines) is 1. The second-order valence-electron chi connectivity index (χ2n) is 5.09. The van der Waals surface area contributed by atoms with Gasteiger partial charge in [-0.2, -0.15) is 0 Å². The first-order valence-corrected chi connectivity index (χ1v) is 7.39. The topological polar surface area (TPSA) is 36.4 Å². The summed E-state index contributed by atoms with van der Waals surface area (Å²) in [6.07, 6.45) is 4.01. The van der Waals surface area contributed by atoms with Crippen molar-refractivity contribution in [1.82, 2.24) is 14.8 Å². The second kappa shape index (κ2) is 6.29. The number of carbonyl (C=O) groups excluding carboxylic acids is 1. The minimum Gasteiger partial charge on any atom is -0.342 e. The van der Waals surface area contributed by atoms with Crippen molar-refractivity contribution in [3.05, 3.63) is 16.1 Å². The van der Waals surface area contributed by atoms with Crippen molar-refractivity contribution in [2.45, 2.75) is 32.2 Å². The van der Waals surface area contributed by atoms with Gasteiger partial charge >= 0.3 is 0 Å². The van der Waals surface area contributed by atoms with Crippen LogP contribution < -0.4 is 0 Å². The van der Waals surface area contributed by atoms with Crippen molar-refractivity contribution in [1.29, 1.82) is 0 Å². The Balaban J connectivity index is 1.88. The Labute approximate surface area is 113 Å². The molecule has 1 aliphatic heterocycles. The molecule has 1 amide bonds. The molecule has 1 aromatic heterocycles. The van der Waals surface area contributed by atoms with E-state index in [2.05, 4.69) is 9.88 Å². The monoisotopic (exact) mass is 267 g/mol. The summed E-state index contributed by atoms with van der Waals surface area (Å²) in [7, 11) is 4.06. The van der Waals surface area contributed by atoms with Gasteiger partial charge < -0.3 is 9.80 Å². The summed E-state index contributed by atoms with van der Waals surface area (Å²) in [5.41, 5.74) is 0.924. The Morgan fingerprint density at radius 1 is 1.39 bits per heavy atom. The van der Waals surface area contributed by atoms with Crippen LogP contribution in [0, 0.1) is 0 Å². The van der Waals surface area contributed by atoms with Crippen LogP contribution in [0.3, 0.4) is 0 Å². The summed E-state index contributed by atoms with van der Waals surface area (Å²) in [5.74, 6) is 0.233. The first kappa shape index (κ1) is 13.5. The lowest BCUT2D eigenvalue weighted by atomic mass is 10.1. The molecule has 5 heteroatoms. The Kier molecular flexibility index (Phi) is 4.72. The molecule has 100 valence electrons. The van der Waals surface area contributed by atoms with E-state index >= 15 is 0 Å². The quantitative estimate of drug-likeness (QED) is 0.834. The number of carbonyl (C=O) groups is 1. The zero-order valence-electron chi connectivity index (χ0n) is 11.2. The molecule has 4 nitrogen and oxygen atoms in total. The van der Waals surface area contributed by atoms with Gasteiger partial charge in [0, 0.05) is 25.0 Å². The summed E-state index contributed by atoms with van der Waals surface area (Å²) in [6, 6.07) is 0. The van der Waals surface area contributed by atoms with Gasteiger partial charge in [-0.3, -0.25) is 4.79 Å². The standard InChI is InChI=1S/C13H21N3OS/c1-15(2)9-12-14-11(10-18-12)8-13(17)16-6-4-3-5-7-16/h10H,3-9H2,1-2H3. The van der Waals surface area contributed by atoms with Crippen LogP contribution in [-0.4, -0.2) is 47.9 Å². The van der Waals surface area contributed by atoms with Crippen LogP contribution >= 0.6 is 11.3 Å². The highest BCUT2D eigenvalue weighted by Crippen LogP contribution is 2.14. The van der Waals surface area contributed by atoms with E-state index in [0.29, 0.717) is 6.42 Å². The number of amides is 1. The van der Waals surface area contributed by atoms with Crippen LogP contribution in [0.25, 0.3) is 0 Å². The lowest BCUT2D eigenvalue weighted by Gasteiger charge is -2.26. The second-order valence-corrected chi connectivity index (χ2v) is 6.03. The lowest BCUT2D eigenvalue weighted by molar-refractivity contribution is -0.131. The Hall–Kier alpha value is -0.940. The molecule has 1 fully saturated rings. The molecule has 1 aliphatic rings. The highest BCUT2D eigenvalue weighted by Gasteiger charge is 2.17. The van der Waals surface area contributed by atoms with Gasteiger partial charge in [0.15, 0.2) is 0 Å². The number of aromatic nitrogens is 1. The molecule has 0 radical (unpaired) electrons. The third kappa shape index (κ3) is 3.78. The molecule has 2 rings (SSSR count). The van der Waals surface area contributed by atoms with E-state index in [0.717, 1.165) is 43.2 Å². The van der Waals surface area contributed by atoms with E-state index in [1.807, 2.05) is 24.4 Å². The maximum Gasteiger partial charge on any atom is 0.228 e. The third-order valence-corrected chi connectivity index (χ3v) is 3.97. The third-order valence-electron chi connectivity index (χ3n) is 3.09. The van der Waals surface area contributed by atoms with Crippen molar-refractivity contribution in [3.63, 3.8) is 0 Å². The van der Waals surface area contributed by atoms with Crippen LogP contribution in [0.5, 0.6) is 0 Å². The fraction of sp³-hybridized carbons (Fsp3) is 0.692. The van der Waals surface area contributed by atoms with Gasteiger partial charge in [-0.25, -0.2) is 4.98 Å². The molecule has 0 bridgehead atoms. The van der Waals surface area contributed by atoms with Crippen LogP contribution in [0.15, 0.2) is 5.38 Å². The number of nitrogens with zero attached hydrogens (tertiary/aromatic N) is 3. The van der Waals surface area contributed by atoms with Crippen LogP contribution in [0.4, 0.5) is 0 Å². The zero-order valence-corrected chi connectivity index (χ0v) is 12.0. The molecular weight excluding hydrogens is 246 g/mol. The largest absolute Gasteiger partial charge is 0.342 e. The summed E-state index contributed by atoms with van der Waals surface area (Å²) in [5, 5.41) is 3.10. The Morgan fingerprint density at radius 3 is 2.78 bits per heavy atom. The minimum absolute atomic E-state index is 0.233. The SMILES string of the molecule is CN(C)Cc1nc(CC(=O)N2CCCCC2)cs1. The molecule has 18 heavy (non-hydrogen) atoms. The minimum atomic E-state index is 0.233. The number of thiazole rings is 1. The molecule has 0 atom stereocenters. The first-order chi connectivity index (χ1) is 8.65. The molecule has 0 saturated carbocycles. The van der Waals surface area contributed by atoms with Gasteiger partial charge in [0.25, 0.3) is 0 Å². The highest BCUT2D eigenvalue weighted by atomic mass is 32.1. The van der Waals surface area contributed by atoms with Crippen molar-refractivity contribution in [2.75, 3.05) is 27.2 Å². The number of rotatable bonds is 4. The van der Waals surface area contributed by atoms with Crippen LogP contribution in [0.2, 0.25) is 0 Å². The summed E-state index contributed by atoms with van der Waals surface area (Å²) in [6.45, 7) is 2.70. The molecule has 0 aliphatic carbocycles. The fourth-order valence-electron chi connectivity index (χ4n) is 2.18. The van der Waals surface area contributed by atoms with E-state index in [-0.39, 0.29) is 5.91 Å². The molecule has 0 N–H and O–H groups in total. The average molecular weight is 267 g/mol. The predicted molar refractivity (Wildman–Crippen MR) is 73.6 cm³/mol.